The van der Waals surface area contributed by atoms with Crippen molar-refractivity contribution in [3.05, 3.63) is 28.8 Å². The molecule has 1 N–H and O–H groups in total. The molecule has 2 fully saturated rings. The van der Waals surface area contributed by atoms with E-state index in [1.807, 2.05) is 0 Å². The first kappa shape index (κ1) is 19.2. The van der Waals surface area contributed by atoms with Gasteiger partial charge >= 0.3 is 18.3 Å². The van der Waals surface area contributed by atoms with E-state index in [4.69, 9.17) is 0 Å². The summed E-state index contributed by atoms with van der Waals surface area (Å²) in [6.45, 7) is 1.41. The van der Waals surface area contributed by atoms with E-state index in [0.717, 1.165) is 12.1 Å². The molecule has 2 saturated carbocycles. The molecule has 0 atom stereocenters. The number of alkyl halides is 8. The molecule has 0 amide bonds. The number of rotatable bonds is 4. The molecule has 26 heavy (non-hydrogen) atoms. The van der Waals surface area contributed by atoms with Gasteiger partial charge in [-0.1, -0.05) is 6.07 Å². The fraction of sp³-hybridized carbons (Fsp3) is 0.647. The van der Waals surface area contributed by atoms with Crippen LogP contribution in [-0.2, 0) is 10.8 Å². The van der Waals surface area contributed by atoms with Gasteiger partial charge in [0.05, 0.1) is 11.8 Å². The van der Waals surface area contributed by atoms with Crippen LogP contribution in [0.1, 0.15) is 48.8 Å². The molecule has 0 unspecified atom stereocenters. The summed E-state index contributed by atoms with van der Waals surface area (Å²) in [5.41, 5.74) is -4.21. The number of aryl methyl sites for hydroxylation is 1. The quantitative estimate of drug-likeness (QED) is 0.636. The molecule has 3 rings (SSSR count). The van der Waals surface area contributed by atoms with E-state index in [9.17, 15) is 40.2 Å². The molecule has 1 aromatic rings. The highest BCUT2D eigenvalue weighted by molar-refractivity contribution is 5.53. The first-order valence-electron chi connectivity index (χ1n) is 8.01. The van der Waals surface area contributed by atoms with Crippen molar-refractivity contribution in [3.8, 4) is 5.75 Å². The molecule has 2 aliphatic rings. The van der Waals surface area contributed by atoms with Crippen LogP contribution in [0.25, 0.3) is 0 Å². The Balaban J connectivity index is 2.09. The van der Waals surface area contributed by atoms with Crippen LogP contribution in [0.3, 0.4) is 0 Å². The van der Waals surface area contributed by atoms with Crippen molar-refractivity contribution in [2.24, 2.45) is 0 Å². The summed E-state index contributed by atoms with van der Waals surface area (Å²) < 4.78 is 105. The summed E-state index contributed by atoms with van der Waals surface area (Å²) in [6.07, 6.45) is -12.1. The SMILES string of the molecule is Cc1cc(O)c(C2(C(F)(F)C(F)(F)F)CC2)cc1C1(CC(F)(F)F)CC1. The van der Waals surface area contributed by atoms with Crippen LogP contribution in [0, 0.1) is 6.92 Å². The third-order valence-corrected chi connectivity index (χ3v) is 5.53. The molecular weight excluding hydrogens is 372 g/mol. The highest BCUT2D eigenvalue weighted by atomic mass is 19.4. The first-order chi connectivity index (χ1) is 11.7. The largest absolute Gasteiger partial charge is 0.508 e. The van der Waals surface area contributed by atoms with E-state index in [2.05, 4.69) is 0 Å². The Morgan fingerprint density at radius 3 is 1.81 bits per heavy atom. The Morgan fingerprint density at radius 1 is 0.885 bits per heavy atom. The van der Waals surface area contributed by atoms with Crippen LogP contribution < -0.4 is 0 Å². The van der Waals surface area contributed by atoms with Gasteiger partial charge in [-0.15, -0.1) is 0 Å². The Bertz CT molecular complexity index is 724. The van der Waals surface area contributed by atoms with Crippen molar-refractivity contribution in [3.63, 3.8) is 0 Å². The van der Waals surface area contributed by atoms with Gasteiger partial charge in [0.2, 0.25) is 0 Å². The summed E-state index contributed by atoms with van der Waals surface area (Å²) in [4.78, 5) is 0. The summed E-state index contributed by atoms with van der Waals surface area (Å²) in [6, 6.07) is 1.93. The molecule has 9 heteroatoms. The van der Waals surface area contributed by atoms with Gasteiger partial charge in [-0.25, -0.2) is 0 Å². The van der Waals surface area contributed by atoms with Crippen molar-refractivity contribution in [2.45, 2.75) is 68.1 Å². The van der Waals surface area contributed by atoms with Crippen molar-refractivity contribution >= 4 is 0 Å². The van der Waals surface area contributed by atoms with Crippen LogP contribution in [0.5, 0.6) is 5.75 Å². The lowest BCUT2D eigenvalue weighted by Crippen LogP contribution is -2.47. The van der Waals surface area contributed by atoms with Crippen molar-refractivity contribution in [1.29, 1.82) is 0 Å². The predicted octanol–water partition coefficient (Wildman–Crippen LogP) is 5.91. The Labute approximate surface area is 144 Å². The molecule has 0 bridgehead atoms. The molecule has 1 aromatic carbocycles. The first-order valence-corrected chi connectivity index (χ1v) is 8.01. The average molecular weight is 388 g/mol. The zero-order valence-electron chi connectivity index (χ0n) is 13.7. The zero-order valence-corrected chi connectivity index (χ0v) is 13.7. The predicted molar refractivity (Wildman–Crippen MR) is 76.3 cm³/mol. The molecule has 0 aromatic heterocycles. The lowest BCUT2D eigenvalue weighted by Gasteiger charge is -2.31. The van der Waals surface area contributed by atoms with E-state index in [1.165, 1.54) is 6.92 Å². The Morgan fingerprint density at radius 2 is 1.42 bits per heavy atom. The maximum atomic E-state index is 14.0. The highest BCUT2D eigenvalue weighted by Gasteiger charge is 2.76. The molecule has 2 aliphatic carbocycles. The van der Waals surface area contributed by atoms with Crippen LogP contribution in [0.2, 0.25) is 0 Å². The van der Waals surface area contributed by atoms with Crippen LogP contribution in [-0.4, -0.2) is 23.4 Å². The molecule has 1 nitrogen and oxygen atoms in total. The van der Waals surface area contributed by atoms with Gasteiger partial charge in [-0.2, -0.15) is 35.1 Å². The van der Waals surface area contributed by atoms with E-state index in [-0.39, 0.29) is 24.0 Å². The van der Waals surface area contributed by atoms with E-state index in [0.29, 0.717) is 0 Å². The van der Waals surface area contributed by atoms with Gasteiger partial charge in [0, 0.05) is 11.0 Å². The van der Waals surface area contributed by atoms with Crippen molar-refractivity contribution in [2.75, 3.05) is 0 Å². The maximum absolute atomic E-state index is 14.0. The monoisotopic (exact) mass is 388 g/mol. The number of phenols is 1. The normalized spacial score (nSPS) is 21.6. The molecule has 0 aliphatic heterocycles. The second kappa shape index (κ2) is 5.25. The summed E-state index contributed by atoms with van der Waals surface area (Å²) in [5, 5.41) is 10.0. The number of hydrogen-bond donors (Lipinski definition) is 1. The number of benzene rings is 1. The van der Waals surface area contributed by atoms with E-state index in [1.54, 1.807) is 0 Å². The number of aromatic hydroxyl groups is 1. The van der Waals surface area contributed by atoms with Gasteiger partial charge < -0.3 is 5.11 Å². The summed E-state index contributed by atoms with van der Waals surface area (Å²) in [5.74, 6) is -5.82. The van der Waals surface area contributed by atoms with Crippen molar-refractivity contribution < 1.29 is 40.2 Å². The van der Waals surface area contributed by atoms with Gasteiger partial charge in [0.15, 0.2) is 0 Å². The topological polar surface area (TPSA) is 20.2 Å². The number of hydrogen-bond acceptors (Lipinski definition) is 1. The van der Waals surface area contributed by atoms with Crippen LogP contribution in [0.4, 0.5) is 35.1 Å². The summed E-state index contributed by atoms with van der Waals surface area (Å²) in [7, 11) is 0. The Kier molecular flexibility index (Phi) is 3.89. The van der Waals surface area contributed by atoms with Gasteiger partial charge in [0.25, 0.3) is 0 Å². The molecule has 0 radical (unpaired) electrons. The second-order valence-corrected chi connectivity index (χ2v) is 7.41. The lowest BCUT2D eigenvalue weighted by molar-refractivity contribution is -0.296. The minimum Gasteiger partial charge on any atom is -0.508 e. The minimum absolute atomic E-state index is 0.0897. The highest BCUT2D eigenvalue weighted by Crippen LogP contribution is 2.66. The average Bonchev–Trinajstić information content (AvgIpc) is 3.31. The van der Waals surface area contributed by atoms with Gasteiger partial charge in [-0.05, 0) is 49.8 Å². The zero-order chi connectivity index (χ0) is 19.8. The maximum Gasteiger partial charge on any atom is 0.454 e. The minimum atomic E-state index is -5.82. The number of phenolic OH excluding ortho intramolecular Hbond substituents is 1. The third kappa shape index (κ3) is 2.83. The summed E-state index contributed by atoms with van der Waals surface area (Å²) >= 11 is 0. The standard InChI is InChI=1S/C17H16F8O/c1-9-6-12(26)11(14(4-5-14)16(21,22)17(23,24)25)7-10(9)13(2-3-13)8-15(18,19)20/h6-7,26H,2-5,8H2,1H3. The molecule has 0 saturated heterocycles. The second-order valence-electron chi connectivity index (χ2n) is 7.41. The molecule has 146 valence electrons. The van der Waals surface area contributed by atoms with E-state index < -0.39 is 59.7 Å². The van der Waals surface area contributed by atoms with Crippen molar-refractivity contribution in [1.82, 2.24) is 0 Å². The fourth-order valence-corrected chi connectivity index (χ4v) is 3.87. The third-order valence-electron chi connectivity index (χ3n) is 5.53. The molecular formula is C17H16F8O. The number of halogens is 8. The van der Waals surface area contributed by atoms with Gasteiger partial charge in [-0.3, -0.25) is 0 Å². The lowest BCUT2D eigenvalue weighted by atomic mass is 9.81. The van der Waals surface area contributed by atoms with Gasteiger partial charge in [0.1, 0.15) is 5.75 Å². The smallest absolute Gasteiger partial charge is 0.454 e. The van der Waals surface area contributed by atoms with E-state index >= 15 is 0 Å². The Hall–Kier alpha value is -1.54. The molecule has 0 spiro atoms. The van der Waals surface area contributed by atoms with Crippen LogP contribution >= 0.6 is 0 Å². The molecule has 0 heterocycles. The van der Waals surface area contributed by atoms with Crippen LogP contribution in [0.15, 0.2) is 12.1 Å². The fourth-order valence-electron chi connectivity index (χ4n) is 3.87.